The van der Waals surface area contributed by atoms with E-state index >= 15 is 0 Å². The Balaban J connectivity index is 1.69. The second-order valence-electron chi connectivity index (χ2n) is 4.81. The summed E-state index contributed by atoms with van der Waals surface area (Å²) in [6, 6.07) is 2.40. The van der Waals surface area contributed by atoms with E-state index < -0.39 is 0 Å². The number of nitrogens with two attached hydrogens (primary N) is 1. The first-order valence-electron chi connectivity index (χ1n) is 6.50. The first kappa shape index (κ1) is 13.0. The summed E-state index contributed by atoms with van der Waals surface area (Å²) in [6.45, 7) is 7.99. The molecule has 3 nitrogen and oxygen atoms in total. The molecule has 2 heterocycles. The van der Waals surface area contributed by atoms with Gasteiger partial charge in [0.25, 0.3) is 0 Å². The maximum absolute atomic E-state index is 6.24. The SMILES string of the molecule is Cc1ccsc1C(N)CCCN1CCNCC1. The molecule has 0 spiro atoms. The highest BCUT2D eigenvalue weighted by molar-refractivity contribution is 7.10. The standard InChI is InChI=1S/C13H23N3S/c1-11-4-10-17-13(11)12(14)3-2-7-16-8-5-15-6-9-16/h4,10,12,15H,2-3,5-9,14H2,1H3. The molecule has 0 radical (unpaired) electrons. The van der Waals surface area contributed by atoms with Gasteiger partial charge in [-0.2, -0.15) is 0 Å². The first-order valence-corrected chi connectivity index (χ1v) is 7.38. The molecule has 1 aromatic heterocycles. The topological polar surface area (TPSA) is 41.3 Å². The van der Waals surface area contributed by atoms with Crippen molar-refractivity contribution in [2.75, 3.05) is 32.7 Å². The summed E-state index contributed by atoms with van der Waals surface area (Å²) in [5.41, 5.74) is 7.59. The van der Waals surface area contributed by atoms with Crippen LogP contribution in [0.5, 0.6) is 0 Å². The van der Waals surface area contributed by atoms with Crippen molar-refractivity contribution in [3.05, 3.63) is 21.9 Å². The van der Waals surface area contributed by atoms with Gasteiger partial charge in [0, 0.05) is 37.1 Å². The van der Waals surface area contributed by atoms with E-state index in [-0.39, 0.29) is 6.04 Å². The lowest BCUT2D eigenvalue weighted by atomic mass is 10.1. The maximum Gasteiger partial charge on any atom is 0.0392 e. The van der Waals surface area contributed by atoms with Crippen molar-refractivity contribution in [1.29, 1.82) is 0 Å². The highest BCUT2D eigenvalue weighted by Gasteiger charge is 2.12. The van der Waals surface area contributed by atoms with Gasteiger partial charge in [0.1, 0.15) is 0 Å². The minimum atomic E-state index is 0.234. The van der Waals surface area contributed by atoms with Gasteiger partial charge in [-0.25, -0.2) is 0 Å². The average Bonchev–Trinajstić information content (AvgIpc) is 2.77. The zero-order chi connectivity index (χ0) is 12.1. The van der Waals surface area contributed by atoms with E-state index in [1.54, 1.807) is 11.3 Å². The van der Waals surface area contributed by atoms with Gasteiger partial charge in [-0.05, 0) is 43.3 Å². The molecule has 1 unspecified atom stereocenters. The Kier molecular flexibility index (Phi) is 4.98. The van der Waals surface area contributed by atoms with Crippen LogP contribution in [0, 0.1) is 6.92 Å². The van der Waals surface area contributed by atoms with E-state index in [1.165, 1.54) is 36.5 Å². The third kappa shape index (κ3) is 3.78. The van der Waals surface area contributed by atoms with E-state index in [2.05, 4.69) is 28.6 Å². The van der Waals surface area contributed by atoms with E-state index in [0.29, 0.717) is 0 Å². The van der Waals surface area contributed by atoms with Gasteiger partial charge in [-0.15, -0.1) is 11.3 Å². The molecule has 3 N–H and O–H groups in total. The van der Waals surface area contributed by atoms with Crippen LogP contribution >= 0.6 is 11.3 Å². The van der Waals surface area contributed by atoms with Crippen LogP contribution in [0.3, 0.4) is 0 Å². The monoisotopic (exact) mass is 253 g/mol. The third-order valence-electron chi connectivity index (χ3n) is 3.44. The fourth-order valence-electron chi connectivity index (χ4n) is 2.36. The van der Waals surface area contributed by atoms with Crippen molar-refractivity contribution >= 4 is 11.3 Å². The van der Waals surface area contributed by atoms with Gasteiger partial charge in [-0.1, -0.05) is 0 Å². The van der Waals surface area contributed by atoms with Crippen molar-refractivity contribution in [2.45, 2.75) is 25.8 Å². The van der Waals surface area contributed by atoms with Gasteiger partial charge in [0.2, 0.25) is 0 Å². The molecule has 96 valence electrons. The quantitative estimate of drug-likeness (QED) is 0.840. The Morgan fingerprint density at radius 1 is 1.47 bits per heavy atom. The Morgan fingerprint density at radius 2 is 2.24 bits per heavy atom. The average molecular weight is 253 g/mol. The molecule has 1 aromatic rings. The zero-order valence-corrected chi connectivity index (χ0v) is 11.4. The van der Waals surface area contributed by atoms with Crippen molar-refractivity contribution in [3.63, 3.8) is 0 Å². The fraction of sp³-hybridized carbons (Fsp3) is 0.692. The van der Waals surface area contributed by atoms with Gasteiger partial charge < -0.3 is 16.0 Å². The summed E-state index contributed by atoms with van der Waals surface area (Å²) in [6.07, 6.45) is 2.31. The predicted octanol–water partition coefficient (Wildman–Crippen LogP) is 1.74. The molecule has 0 aromatic carbocycles. The summed E-state index contributed by atoms with van der Waals surface area (Å²) < 4.78 is 0. The summed E-state index contributed by atoms with van der Waals surface area (Å²) in [5, 5.41) is 5.52. The molecular formula is C13H23N3S. The molecule has 1 aliphatic rings. The largest absolute Gasteiger partial charge is 0.323 e. The highest BCUT2D eigenvalue weighted by Crippen LogP contribution is 2.25. The predicted molar refractivity (Wildman–Crippen MR) is 74.5 cm³/mol. The summed E-state index contributed by atoms with van der Waals surface area (Å²) in [5.74, 6) is 0. The van der Waals surface area contributed by atoms with E-state index in [9.17, 15) is 0 Å². The smallest absolute Gasteiger partial charge is 0.0392 e. The van der Waals surface area contributed by atoms with Crippen LogP contribution < -0.4 is 11.1 Å². The number of rotatable bonds is 5. The van der Waals surface area contributed by atoms with Crippen LogP contribution in [-0.2, 0) is 0 Å². The fourth-order valence-corrected chi connectivity index (χ4v) is 3.33. The second-order valence-corrected chi connectivity index (χ2v) is 5.76. The summed E-state index contributed by atoms with van der Waals surface area (Å²) in [7, 11) is 0. The Bertz CT molecular complexity index is 331. The van der Waals surface area contributed by atoms with Crippen LogP contribution in [0.25, 0.3) is 0 Å². The van der Waals surface area contributed by atoms with Gasteiger partial charge in [0.05, 0.1) is 0 Å². The molecule has 4 heteroatoms. The van der Waals surface area contributed by atoms with Crippen molar-refractivity contribution < 1.29 is 0 Å². The number of nitrogens with zero attached hydrogens (tertiary/aromatic N) is 1. The first-order chi connectivity index (χ1) is 8.27. The lowest BCUT2D eigenvalue weighted by Crippen LogP contribution is -2.43. The number of thiophene rings is 1. The van der Waals surface area contributed by atoms with Crippen LogP contribution in [0.2, 0.25) is 0 Å². The second kappa shape index (κ2) is 6.50. The molecule has 1 saturated heterocycles. The van der Waals surface area contributed by atoms with Crippen LogP contribution in [0.4, 0.5) is 0 Å². The minimum absolute atomic E-state index is 0.234. The number of nitrogens with one attached hydrogen (secondary N) is 1. The molecule has 17 heavy (non-hydrogen) atoms. The normalized spacial score (nSPS) is 19.4. The van der Waals surface area contributed by atoms with Gasteiger partial charge >= 0.3 is 0 Å². The summed E-state index contributed by atoms with van der Waals surface area (Å²) >= 11 is 1.80. The Labute approximate surface area is 108 Å². The van der Waals surface area contributed by atoms with E-state index in [0.717, 1.165) is 19.5 Å². The number of hydrogen-bond acceptors (Lipinski definition) is 4. The van der Waals surface area contributed by atoms with Crippen LogP contribution in [-0.4, -0.2) is 37.6 Å². The highest BCUT2D eigenvalue weighted by atomic mass is 32.1. The molecule has 1 fully saturated rings. The van der Waals surface area contributed by atoms with Crippen LogP contribution in [0.1, 0.15) is 29.3 Å². The minimum Gasteiger partial charge on any atom is -0.323 e. The van der Waals surface area contributed by atoms with E-state index in [1.807, 2.05) is 0 Å². The third-order valence-corrected chi connectivity index (χ3v) is 4.59. The molecular weight excluding hydrogens is 230 g/mol. The van der Waals surface area contributed by atoms with Crippen molar-refractivity contribution in [2.24, 2.45) is 5.73 Å². The molecule has 0 bridgehead atoms. The van der Waals surface area contributed by atoms with Crippen molar-refractivity contribution in [1.82, 2.24) is 10.2 Å². The molecule has 0 aliphatic carbocycles. The number of aryl methyl sites for hydroxylation is 1. The Hall–Kier alpha value is -0.420. The lowest BCUT2D eigenvalue weighted by Gasteiger charge is -2.27. The molecule has 0 amide bonds. The number of hydrogen-bond donors (Lipinski definition) is 2. The maximum atomic E-state index is 6.24. The van der Waals surface area contributed by atoms with E-state index in [4.69, 9.17) is 5.73 Å². The zero-order valence-electron chi connectivity index (χ0n) is 10.6. The van der Waals surface area contributed by atoms with Gasteiger partial charge in [-0.3, -0.25) is 0 Å². The molecule has 1 aliphatic heterocycles. The molecule has 1 atom stereocenters. The molecule has 0 saturated carbocycles. The number of piperazine rings is 1. The lowest BCUT2D eigenvalue weighted by molar-refractivity contribution is 0.235. The summed E-state index contributed by atoms with van der Waals surface area (Å²) in [4.78, 5) is 3.90. The van der Waals surface area contributed by atoms with Gasteiger partial charge in [0.15, 0.2) is 0 Å². The molecule has 2 rings (SSSR count). The van der Waals surface area contributed by atoms with Crippen molar-refractivity contribution in [3.8, 4) is 0 Å². The Morgan fingerprint density at radius 3 is 2.88 bits per heavy atom. The van der Waals surface area contributed by atoms with Crippen LogP contribution in [0.15, 0.2) is 11.4 Å².